The van der Waals surface area contributed by atoms with Gasteiger partial charge in [-0.05, 0) is 37.6 Å². The molecule has 3 aliphatic rings. The molecule has 2 aliphatic heterocycles. The molecule has 7 nitrogen and oxygen atoms in total. The summed E-state index contributed by atoms with van der Waals surface area (Å²) in [6.45, 7) is 9.73. The predicted molar refractivity (Wildman–Crippen MR) is 148 cm³/mol. The van der Waals surface area contributed by atoms with Crippen molar-refractivity contribution < 1.29 is 9.32 Å². The number of fused-ring (bicyclic) bond motifs is 2. The van der Waals surface area contributed by atoms with E-state index in [-0.39, 0.29) is 18.2 Å². The van der Waals surface area contributed by atoms with Crippen LogP contribution in [0.5, 0.6) is 0 Å². The monoisotopic (exact) mass is 519 g/mol. The molecule has 0 spiro atoms. The first kappa shape index (κ1) is 25.6. The molecule has 37 heavy (non-hydrogen) atoms. The highest BCUT2D eigenvalue weighted by Gasteiger charge is 2.32. The molecule has 2 aromatic rings. The second-order valence-electron chi connectivity index (χ2n) is 10.1. The van der Waals surface area contributed by atoms with E-state index in [4.69, 9.17) is 21.1 Å². The van der Waals surface area contributed by atoms with Crippen LogP contribution < -0.4 is 5.32 Å². The number of carbonyl (C=O) groups is 1. The lowest BCUT2D eigenvalue weighted by Crippen LogP contribution is -2.46. The Bertz CT molecular complexity index is 1270. The Morgan fingerprint density at radius 3 is 2.54 bits per heavy atom. The summed E-state index contributed by atoms with van der Waals surface area (Å²) in [5.41, 5.74) is 5.49. The van der Waals surface area contributed by atoms with Crippen molar-refractivity contribution in [3.8, 4) is 0 Å². The van der Waals surface area contributed by atoms with Gasteiger partial charge < -0.3 is 14.7 Å². The van der Waals surface area contributed by atoms with Gasteiger partial charge in [-0.1, -0.05) is 60.1 Å². The molecule has 0 bridgehead atoms. The molecule has 1 aliphatic carbocycles. The number of piperazine rings is 1. The molecule has 3 heterocycles. The van der Waals surface area contributed by atoms with Gasteiger partial charge in [0.05, 0.1) is 23.4 Å². The molecule has 2 atom stereocenters. The zero-order valence-corrected chi connectivity index (χ0v) is 22.5. The third kappa shape index (κ3) is 5.79. The molecular formula is C29H34ClN5O2. The van der Waals surface area contributed by atoms with Gasteiger partial charge in [-0.3, -0.25) is 14.7 Å². The number of halogens is 1. The number of carbonyl (C=O) groups excluding carboxylic acids is 1. The Balaban J connectivity index is 1.43. The molecule has 2 unspecified atom stereocenters. The third-order valence-corrected chi connectivity index (χ3v) is 7.52. The maximum atomic E-state index is 13.1. The molecule has 1 aromatic carbocycles. The third-order valence-electron chi connectivity index (χ3n) is 7.27. The molecule has 1 aromatic heterocycles. The van der Waals surface area contributed by atoms with E-state index in [1.807, 2.05) is 31.2 Å². The van der Waals surface area contributed by atoms with Crippen LogP contribution in [-0.4, -0.2) is 72.9 Å². The maximum Gasteiger partial charge on any atom is 0.222 e. The standard InChI is InChI=1S/C29H34ClN5O2/c1-19-4-10-23-24(11-5-19)28(21-6-8-22(30)9-7-21)32-25(29-27(23)20(2)33-37-29)18-26(36)31-12-13-35-16-14-34(3)15-17-35/h4-11,19,25H,12-18H2,1-3H3,(H,31,36). The second-order valence-corrected chi connectivity index (χ2v) is 10.5. The van der Waals surface area contributed by atoms with Crippen LogP contribution in [0.1, 0.15) is 42.0 Å². The van der Waals surface area contributed by atoms with Crippen LogP contribution in [0, 0.1) is 12.8 Å². The van der Waals surface area contributed by atoms with Crippen molar-refractivity contribution in [2.24, 2.45) is 10.9 Å². The number of likely N-dealkylation sites (N-methyl/N-ethyl adjacent to an activating group) is 1. The first-order valence-corrected chi connectivity index (χ1v) is 13.4. The highest BCUT2D eigenvalue weighted by Crippen LogP contribution is 2.40. The summed E-state index contributed by atoms with van der Waals surface area (Å²) in [5, 5.41) is 8.05. The number of aryl methyl sites for hydroxylation is 1. The molecule has 8 heteroatoms. The number of hydrogen-bond donors (Lipinski definition) is 1. The summed E-state index contributed by atoms with van der Waals surface area (Å²) < 4.78 is 5.85. The van der Waals surface area contributed by atoms with Crippen LogP contribution in [-0.2, 0) is 4.79 Å². The molecular weight excluding hydrogens is 486 g/mol. The fraction of sp³-hybridized carbons (Fsp3) is 0.414. The van der Waals surface area contributed by atoms with E-state index in [1.165, 1.54) is 0 Å². The average molecular weight is 520 g/mol. The fourth-order valence-corrected chi connectivity index (χ4v) is 5.17. The van der Waals surface area contributed by atoms with Crippen LogP contribution in [0.25, 0.3) is 5.57 Å². The number of benzene rings is 1. The van der Waals surface area contributed by atoms with Gasteiger partial charge in [0.2, 0.25) is 5.91 Å². The molecule has 5 rings (SSSR count). The van der Waals surface area contributed by atoms with Gasteiger partial charge >= 0.3 is 0 Å². The Morgan fingerprint density at radius 2 is 1.81 bits per heavy atom. The van der Waals surface area contributed by atoms with Crippen molar-refractivity contribution in [1.82, 2.24) is 20.3 Å². The zero-order chi connectivity index (χ0) is 25.9. The Hall–Kier alpha value is -3.00. The fourth-order valence-electron chi connectivity index (χ4n) is 5.04. The smallest absolute Gasteiger partial charge is 0.222 e. The van der Waals surface area contributed by atoms with E-state index >= 15 is 0 Å². The molecule has 1 amide bonds. The molecule has 0 radical (unpaired) electrons. The lowest BCUT2D eigenvalue weighted by atomic mass is 9.93. The quantitative estimate of drug-likeness (QED) is 0.610. The minimum atomic E-state index is -0.489. The van der Waals surface area contributed by atoms with Crippen molar-refractivity contribution in [3.63, 3.8) is 0 Å². The highest BCUT2D eigenvalue weighted by atomic mass is 35.5. The SMILES string of the molecule is Cc1noc2c1C1=C(C=CC(C)C=C1)C(c1ccc(Cl)cc1)=NC2CC(=O)NCCN1CCN(C)CC1. The highest BCUT2D eigenvalue weighted by molar-refractivity contribution is 6.31. The number of nitrogens with one attached hydrogen (secondary N) is 1. The molecule has 194 valence electrons. The van der Waals surface area contributed by atoms with Crippen LogP contribution in [0.15, 0.2) is 63.7 Å². The lowest BCUT2D eigenvalue weighted by Gasteiger charge is -2.32. The van der Waals surface area contributed by atoms with E-state index in [9.17, 15) is 4.79 Å². The molecule has 1 saturated heterocycles. The summed E-state index contributed by atoms with van der Waals surface area (Å²) >= 11 is 6.19. The first-order chi connectivity index (χ1) is 17.9. The first-order valence-electron chi connectivity index (χ1n) is 13.0. The largest absolute Gasteiger partial charge is 0.358 e. The summed E-state index contributed by atoms with van der Waals surface area (Å²) in [6.07, 6.45) is 8.78. The normalized spacial score (nSPS) is 22.2. The van der Waals surface area contributed by atoms with Crippen molar-refractivity contribution >= 4 is 28.8 Å². The molecule has 1 N–H and O–H groups in total. The van der Waals surface area contributed by atoms with Crippen LogP contribution in [0.3, 0.4) is 0 Å². The van der Waals surface area contributed by atoms with Gasteiger partial charge in [-0.25, -0.2) is 0 Å². The summed E-state index contributed by atoms with van der Waals surface area (Å²) in [5.74, 6) is 0.870. The Morgan fingerprint density at radius 1 is 1.11 bits per heavy atom. The predicted octanol–water partition coefficient (Wildman–Crippen LogP) is 4.45. The number of aliphatic imine (C=N–C) groups is 1. The minimum Gasteiger partial charge on any atom is -0.358 e. The number of hydrogen-bond acceptors (Lipinski definition) is 6. The molecule has 1 fully saturated rings. The van der Waals surface area contributed by atoms with Crippen molar-refractivity contribution in [2.75, 3.05) is 46.3 Å². The van der Waals surface area contributed by atoms with Crippen LogP contribution in [0.2, 0.25) is 5.02 Å². The van der Waals surface area contributed by atoms with E-state index in [1.54, 1.807) is 0 Å². The topological polar surface area (TPSA) is 74.0 Å². The number of nitrogens with zero attached hydrogens (tertiary/aromatic N) is 4. The van der Waals surface area contributed by atoms with Gasteiger partial charge in [-0.15, -0.1) is 0 Å². The summed E-state index contributed by atoms with van der Waals surface area (Å²) in [4.78, 5) is 23.0. The Labute approximate surface area is 223 Å². The van der Waals surface area contributed by atoms with E-state index in [0.29, 0.717) is 17.3 Å². The summed E-state index contributed by atoms with van der Waals surface area (Å²) in [6, 6.07) is 7.20. The van der Waals surface area contributed by atoms with Gasteiger partial charge in [0.1, 0.15) is 6.04 Å². The minimum absolute atomic E-state index is 0.0462. The second kappa shape index (κ2) is 11.2. The molecule has 0 saturated carbocycles. The van der Waals surface area contributed by atoms with E-state index < -0.39 is 6.04 Å². The van der Waals surface area contributed by atoms with Gasteiger partial charge in [0.15, 0.2) is 5.76 Å². The Kier molecular flexibility index (Phi) is 7.74. The van der Waals surface area contributed by atoms with E-state index in [2.05, 4.69) is 58.5 Å². The van der Waals surface area contributed by atoms with Gasteiger partial charge in [-0.2, -0.15) is 0 Å². The number of rotatable bonds is 6. The average Bonchev–Trinajstić information content (AvgIpc) is 3.08. The van der Waals surface area contributed by atoms with Crippen molar-refractivity contribution in [1.29, 1.82) is 0 Å². The van der Waals surface area contributed by atoms with Crippen molar-refractivity contribution in [2.45, 2.75) is 26.3 Å². The van der Waals surface area contributed by atoms with Crippen LogP contribution in [0.4, 0.5) is 0 Å². The number of aromatic nitrogens is 1. The number of allylic oxidation sites excluding steroid dienone is 6. The van der Waals surface area contributed by atoms with Gasteiger partial charge in [0, 0.05) is 55.4 Å². The van der Waals surface area contributed by atoms with Crippen LogP contribution >= 0.6 is 11.6 Å². The summed E-state index contributed by atoms with van der Waals surface area (Å²) in [7, 11) is 2.14. The van der Waals surface area contributed by atoms with Gasteiger partial charge in [0.25, 0.3) is 0 Å². The van der Waals surface area contributed by atoms with Crippen molar-refractivity contribution in [3.05, 3.63) is 81.7 Å². The number of amides is 1. The zero-order valence-electron chi connectivity index (χ0n) is 21.7. The maximum absolute atomic E-state index is 13.1. The lowest BCUT2D eigenvalue weighted by molar-refractivity contribution is -0.121. The van der Waals surface area contributed by atoms with E-state index in [0.717, 1.165) is 66.4 Å².